The summed E-state index contributed by atoms with van der Waals surface area (Å²) < 4.78 is 4.64. The first-order valence-electron chi connectivity index (χ1n) is 2.90. The summed E-state index contributed by atoms with van der Waals surface area (Å²) >= 11 is 0. The van der Waals surface area contributed by atoms with Crippen LogP contribution in [-0.4, -0.2) is 64.0 Å². The maximum absolute atomic E-state index is 10.1. The van der Waals surface area contributed by atoms with Crippen molar-refractivity contribution in [2.75, 3.05) is 6.61 Å². The average Bonchev–Trinajstić information content (AvgIpc) is 1.66. The molecule has 50 valence electrons. The van der Waals surface area contributed by atoms with Crippen LogP contribution in [0.5, 0.6) is 0 Å². The first-order chi connectivity index (χ1) is 3.77. The molecule has 0 atom stereocenters. The molecule has 9 heavy (non-hydrogen) atoms. The van der Waals surface area contributed by atoms with E-state index in [0.29, 0.717) is 6.61 Å². The molecule has 0 spiro atoms. The van der Waals surface area contributed by atoms with Gasteiger partial charge in [0.2, 0.25) is 0 Å². The Morgan fingerprint density at radius 2 is 2.11 bits per heavy atom. The minimum absolute atomic E-state index is 0. The van der Waals surface area contributed by atoms with E-state index in [1.165, 1.54) is 6.92 Å². The van der Waals surface area contributed by atoms with E-state index in [1.807, 2.05) is 0 Å². The second-order valence-electron chi connectivity index (χ2n) is 1.69. The number of rotatable bonds is 3. The second-order valence-corrected chi connectivity index (χ2v) is 1.69. The molecule has 0 rings (SSSR count). The molecule has 0 aromatic heterocycles. The third-order valence-corrected chi connectivity index (χ3v) is 0.803. The van der Waals surface area contributed by atoms with Crippen molar-refractivity contribution in [2.45, 2.75) is 26.7 Å². The molecule has 0 bridgehead atoms. The van der Waals surface area contributed by atoms with Gasteiger partial charge in [0.1, 0.15) is 0 Å². The van der Waals surface area contributed by atoms with E-state index in [0.717, 1.165) is 12.8 Å². The Labute approximate surface area is 98.8 Å². The zero-order chi connectivity index (χ0) is 6.41. The summed E-state index contributed by atoms with van der Waals surface area (Å²) in [6.45, 7) is 4.06. The van der Waals surface area contributed by atoms with Crippen molar-refractivity contribution in [2.24, 2.45) is 0 Å². The monoisotopic (exact) mass is 156 g/mol. The summed E-state index contributed by atoms with van der Waals surface area (Å²) in [6.07, 6.45) is 2.05. The topological polar surface area (TPSA) is 26.3 Å². The van der Waals surface area contributed by atoms with Crippen molar-refractivity contribution in [1.82, 2.24) is 0 Å². The fourth-order valence-electron chi connectivity index (χ4n) is 0.360. The van der Waals surface area contributed by atoms with Gasteiger partial charge in [0.05, 0.1) is 6.61 Å². The van der Waals surface area contributed by atoms with Gasteiger partial charge < -0.3 is 4.74 Å². The van der Waals surface area contributed by atoms with Gasteiger partial charge in [-0.25, -0.2) is 0 Å². The van der Waals surface area contributed by atoms with Crippen LogP contribution in [0.2, 0.25) is 0 Å². The van der Waals surface area contributed by atoms with Crippen LogP contribution in [0.4, 0.5) is 0 Å². The average molecular weight is 156 g/mol. The first kappa shape index (κ1) is 12.8. The van der Waals surface area contributed by atoms with E-state index in [2.05, 4.69) is 11.7 Å². The number of carbonyl (C=O) groups is 1. The Kier molecular flexibility index (Phi) is 12.9. The molecule has 2 nitrogen and oxygen atoms in total. The van der Waals surface area contributed by atoms with E-state index < -0.39 is 0 Å². The summed E-state index contributed by atoms with van der Waals surface area (Å²) in [5, 5.41) is 0. The molecule has 0 heterocycles. The number of hydrogen-bond donors (Lipinski definition) is 0. The molecule has 0 radical (unpaired) electrons. The van der Waals surface area contributed by atoms with Crippen molar-refractivity contribution in [3.8, 4) is 0 Å². The maximum atomic E-state index is 10.1. The molecule has 0 amide bonds. The molecule has 0 aliphatic rings. The Balaban J connectivity index is 0. The van der Waals surface area contributed by atoms with Crippen LogP contribution < -0.4 is 0 Å². The molecule has 3 heteroatoms. The van der Waals surface area contributed by atoms with E-state index in [9.17, 15) is 4.79 Å². The molecule has 0 saturated carbocycles. The van der Waals surface area contributed by atoms with Gasteiger partial charge in [-0.2, -0.15) is 0 Å². The van der Waals surface area contributed by atoms with Crippen LogP contribution in [0.25, 0.3) is 0 Å². The number of unbranched alkanes of at least 4 members (excludes halogenated alkanes) is 1. The van der Waals surface area contributed by atoms with Gasteiger partial charge in [-0.3, -0.25) is 4.79 Å². The van der Waals surface area contributed by atoms with E-state index in [1.54, 1.807) is 0 Å². The number of ether oxygens (including phenoxy) is 1. The van der Waals surface area contributed by atoms with Crippen LogP contribution >= 0.6 is 0 Å². The SMILES string of the molecule is CCCCOC(C)=O.[KH]. The van der Waals surface area contributed by atoms with Gasteiger partial charge in [-0.05, 0) is 6.42 Å². The van der Waals surface area contributed by atoms with E-state index >= 15 is 0 Å². The zero-order valence-corrected chi connectivity index (χ0v) is 5.44. The van der Waals surface area contributed by atoms with E-state index in [-0.39, 0.29) is 57.4 Å². The Morgan fingerprint density at radius 1 is 1.56 bits per heavy atom. The van der Waals surface area contributed by atoms with Crippen LogP contribution in [-0.2, 0) is 9.53 Å². The van der Waals surface area contributed by atoms with Gasteiger partial charge in [0.25, 0.3) is 0 Å². The van der Waals surface area contributed by atoms with Crippen LogP contribution in [0.1, 0.15) is 26.7 Å². The predicted molar refractivity (Wildman–Crippen MR) is 38.7 cm³/mol. The molecule has 0 aliphatic carbocycles. The Bertz CT molecular complexity index is 73.5. The predicted octanol–water partition coefficient (Wildman–Crippen LogP) is 0.701. The van der Waals surface area contributed by atoms with Gasteiger partial charge >= 0.3 is 57.4 Å². The Morgan fingerprint density at radius 3 is 2.44 bits per heavy atom. The fourth-order valence-corrected chi connectivity index (χ4v) is 0.360. The fraction of sp³-hybridized carbons (Fsp3) is 0.833. The third-order valence-electron chi connectivity index (χ3n) is 0.803. The summed E-state index contributed by atoms with van der Waals surface area (Å²) in [5.74, 6) is -0.182. The standard InChI is InChI=1S/C6H12O2.K.H/c1-3-4-5-8-6(2)7;;/h3-5H2,1-2H3;;. The molecule has 0 fully saturated rings. The van der Waals surface area contributed by atoms with Crippen molar-refractivity contribution in [3.63, 3.8) is 0 Å². The van der Waals surface area contributed by atoms with Gasteiger partial charge in [0, 0.05) is 6.92 Å². The molecule has 0 aromatic rings. The van der Waals surface area contributed by atoms with Gasteiger partial charge in [-0.15, -0.1) is 0 Å². The molecule has 0 saturated heterocycles. The van der Waals surface area contributed by atoms with Crippen LogP contribution in [0.15, 0.2) is 0 Å². The quantitative estimate of drug-likeness (QED) is 0.341. The first-order valence-corrected chi connectivity index (χ1v) is 2.90. The molecule has 0 unspecified atom stereocenters. The molecular weight excluding hydrogens is 143 g/mol. The number of hydrogen-bond acceptors (Lipinski definition) is 2. The van der Waals surface area contributed by atoms with Crippen molar-refractivity contribution < 1.29 is 9.53 Å². The number of esters is 1. The second kappa shape index (κ2) is 9.11. The minimum atomic E-state index is -0.182. The molecule has 0 N–H and O–H groups in total. The van der Waals surface area contributed by atoms with Gasteiger partial charge in [0.15, 0.2) is 0 Å². The molecule has 0 aliphatic heterocycles. The third kappa shape index (κ3) is 12.3. The summed E-state index contributed by atoms with van der Waals surface area (Å²) in [5.41, 5.74) is 0. The number of carbonyl (C=O) groups excluding carboxylic acids is 1. The van der Waals surface area contributed by atoms with Crippen molar-refractivity contribution in [3.05, 3.63) is 0 Å². The van der Waals surface area contributed by atoms with Crippen LogP contribution in [0.3, 0.4) is 0 Å². The van der Waals surface area contributed by atoms with Gasteiger partial charge in [-0.1, -0.05) is 13.3 Å². The van der Waals surface area contributed by atoms with Crippen molar-refractivity contribution >= 4 is 57.4 Å². The summed E-state index contributed by atoms with van der Waals surface area (Å²) in [4.78, 5) is 10.1. The summed E-state index contributed by atoms with van der Waals surface area (Å²) in [7, 11) is 0. The Hall–Kier alpha value is 1.11. The van der Waals surface area contributed by atoms with Crippen molar-refractivity contribution in [1.29, 1.82) is 0 Å². The molecular formula is C6H13KO2. The van der Waals surface area contributed by atoms with Crippen LogP contribution in [0, 0.1) is 0 Å². The summed E-state index contributed by atoms with van der Waals surface area (Å²) in [6, 6.07) is 0. The van der Waals surface area contributed by atoms with E-state index in [4.69, 9.17) is 0 Å². The normalized spacial score (nSPS) is 7.78. The zero-order valence-electron chi connectivity index (χ0n) is 5.44. The molecule has 0 aromatic carbocycles.